The number of fused-ring (bicyclic) bond motifs is 1. The second-order valence-electron chi connectivity index (χ2n) is 9.46. The number of hydrogen-bond donors (Lipinski definition) is 1. The maximum Gasteiger partial charge on any atom is 0.408 e. The molecule has 0 bridgehead atoms. The Morgan fingerprint density at radius 3 is 2.55 bits per heavy atom. The molecule has 1 aromatic rings. The Morgan fingerprint density at radius 1 is 1.18 bits per heavy atom. The van der Waals surface area contributed by atoms with Gasteiger partial charge in [0.2, 0.25) is 5.91 Å². The van der Waals surface area contributed by atoms with Crippen molar-refractivity contribution in [3.63, 3.8) is 0 Å². The molecule has 1 N–H and O–H groups in total. The van der Waals surface area contributed by atoms with Gasteiger partial charge < -0.3 is 19.7 Å². The van der Waals surface area contributed by atoms with Crippen LogP contribution in [0.4, 0.5) is 4.79 Å². The average molecular weight is 458 g/mol. The van der Waals surface area contributed by atoms with Crippen LogP contribution in [0.2, 0.25) is 0 Å². The predicted molar refractivity (Wildman–Crippen MR) is 120 cm³/mol. The van der Waals surface area contributed by atoms with Crippen LogP contribution in [0, 0.1) is 5.92 Å². The van der Waals surface area contributed by atoms with Crippen LogP contribution in [0.5, 0.6) is 0 Å². The van der Waals surface area contributed by atoms with E-state index in [1.54, 1.807) is 25.7 Å². The Labute approximate surface area is 193 Å². The fourth-order valence-electron chi connectivity index (χ4n) is 4.45. The minimum Gasteiger partial charge on any atom is -0.458 e. The number of azide groups is 1. The summed E-state index contributed by atoms with van der Waals surface area (Å²) in [5.41, 5.74) is 8.93. The molecule has 2 amide bonds. The molecular formula is C23H31N5O5. The normalized spacial score (nSPS) is 24.8. The van der Waals surface area contributed by atoms with E-state index < -0.39 is 35.7 Å². The fraction of sp³-hybridized carbons (Fsp3) is 0.609. The summed E-state index contributed by atoms with van der Waals surface area (Å²) in [7, 11) is 0. The summed E-state index contributed by atoms with van der Waals surface area (Å²) in [6.07, 6.45) is 1.66. The van der Waals surface area contributed by atoms with E-state index in [2.05, 4.69) is 15.3 Å². The Bertz CT molecular complexity index is 910. The fourth-order valence-corrected chi connectivity index (χ4v) is 4.45. The van der Waals surface area contributed by atoms with Gasteiger partial charge in [0, 0.05) is 17.5 Å². The molecule has 10 heteroatoms. The highest BCUT2D eigenvalue weighted by Gasteiger charge is 2.48. The van der Waals surface area contributed by atoms with Crippen LogP contribution >= 0.6 is 0 Å². The van der Waals surface area contributed by atoms with Crippen molar-refractivity contribution in [1.29, 1.82) is 0 Å². The lowest BCUT2D eigenvalue weighted by Crippen LogP contribution is -2.55. The molecule has 2 aliphatic rings. The Balaban J connectivity index is 1.77. The first-order chi connectivity index (χ1) is 15.7. The molecule has 0 radical (unpaired) electrons. The third kappa shape index (κ3) is 6.38. The molecule has 10 nitrogen and oxygen atoms in total. The molecule has 2 aliphatic heterocycles. The summed E-state index contributed by atoms with van der Waals surface area (Å²) in [4.78, 5) is 43.4. The monoisotopic (exact) mass is 457 g/mol. The van der Waals surface area contributed by atoms with Gasteiger partial charge >= 0.3 is 12.1 Å². The number of ether oxygens (including phenoxy) is 2. The van der Waals surface area contributed by atoms with Crippen LogP contribution in [-0.4, -0.2) is 53.1 Å². The van der Waals surface area contributed by atoms with Crippen molar-refractivity contribution >= 4 is 18.0 Å². The molecule has 0 aromatic heterocycles. The van der Waals surface area contributed by atoms with E-state index in [-0.39, 0.29) is 25.1 Å². The van der Waals surface area contributed by atoms with E-state index in [1.807, 2.05) is 30.3 Å². The van der Waals surface area contributed by atoms with Gasteiger partial charge in [0.05, 0.1) is 0 Å². The van der Waals surface area contributed by atoms with E-state index in [0.717, 1.165) is 5.56 Å². The van der Waals surface area contributed by atoms with Gasteiger partial charge in [-0.1, -0.05) is 35.4 Å². The van der Waals surface area contributed by atoms with Gasteiger partial charge in [0.25, 0.3) is 0 Å². The van der Waals surface area contributed by atoms with Crippen LogP contribution in [0.15, 0.2) is 35.4 Å². The highest BCUT2D eigenvalue weighted by molar-refractivity contribution is 5.91. The van der Waals surface area contributed by atoms with Crippen LogP contribution in [0.1, 0.15) is 52.0 Å². The number of alkyl carbamates (subject to hydrolysis) is 1. The van der Waals surface area contributed by atoms with Crippen LogP contribution in [0.3, 0.4) is 0 Å². The summed E-state index contributed by atoms with van der Waals surface area (Å²) < 4.78 is 10.9. The lowest BCUT2D eigenvalue weighted by Gasteiger charge is -2.32. The van der Waals surface area contributed by atoms with Crippen LogP contribution in [-0.2, 0) is 25.7 Å². The summed E-state index contributed by atoms with van der Waals surface area (Å²) in [5.74, 6) is -1.22. The quantitative estimate of drug-likeness (QED) is 0.301. The summed E-state index contributed by atoms with van der Waals surface area (Å²) in [5, 5.41) is 6.32. The van der Waals surface area contributed by atoms with Crippen LogP contribution < -0.4 is 5.32 Å². The topological polar surface area (TPSA) is 134 Å². The number of amides is 2. The molecule has 4 atom stereocenters. The average Bonchev–Trinajstić information content (AvgIpc) is 3.15. The second-order valence-corrected chi connectivity index (χ2v) is 9.46. The molecule has 3 rings (SSSR count). The van der Waals surface area contributed by atoms with Crippen molar-refractivity contribution in [2.45, 2.75) is 76.8 Å². The number of nitrogens with zero attached hydrogens (tertiary/aromatic N) is 4. The second kappa shape index (κ2) is 10.6. The third-order valence-electron chi connectivity index (χ3n) is 5.91. The number of carbonyl (C=O) groups excluding carboxylic acids is 3. The van der Waals surface area contributed by atoms with Crippen molar-refractivity contribution in [2.75, 3.05) is 6.54 Å². The predicted octanol–water partition coefficient (Wildman–Crippen LogP) is 3.70. The molecule has 1 aromatic carbocycles. The molecule has 0 aliphatic carbocycles. The van der Waals surface area contributed by atoms with Gasteiger partial charge in [0.15, 0.2) is 0 Å². The third-order valence-corrected chi connectivity index (χ3v) is 5.91. The Hall–Kier alpha value is -3.26. The number of esters is 1. The number of benzene rings is 1. The van der Waals surface area contributed by atoms with Gasteiger partial charge in [-0.3, -0.25) is 4.79 Å². The van der Waals surface area contributed by atoms with Crippen molar-refractivity contribution in [3.8, 4) is 0 Å². The highest BCUT2D eigenvalue weighted by atomic mass is 16.6. The number of hydrogen-bond acceptors (Lipinski definition) is 6. The first-order valence-electron chi connectivity index (χ1n) is 11.2. The Morgan fingerprint density at radius 2 is 1.88 bits per heavy atom. The molecule has 33 heavy (non-hydrogen) atoms. The summed E-state index contributed by atoms with van der Waals surface area (Å²) in [6, 6.07) is 7.40. The summed E-state index contributed by atoms with van der Waals surface area (Å²) in [6.45, 7) is 5.46. The number of nitrogens with one attached hydrogen (secondary N) is 1. The van der Waals surface area contributed by atoms with Crippen molar-refractivity contribution < 1.29 is 23.9 Å². The highest BCUT2D eigenvalue weighted by Crippen LogP contribution is 2.35. The van der Waals surface area contributed by atoms with Crippen LogP contribution in [0.25, 0.3) is 10.4 Å². The molecule has 2 heterocycles. The molecule has 0 saturated carbocycles. The summed E-state index contributed by atoms with van der Waals surface area (Å²) >= 11 is 0. The Kier molecular flexibility index (Phi) is 7.81. The first-order valence-corrected chi connectivity index (χ1v) is 11.2. The van der Waals surface area contributed by atoms with E-state index >= 15 is 0 Å². The molecule has 0 unspecified atom stereocenters. The minimum atomic E-state index is -0.966. The zero-order valence-corrected chi connectivity index (χ0v) is 19.3. The minimum absolute atomic E-state index is 0.0570. The molecular weight excluding hydrogens is 426 g/mol. The number of carbonyl (C=O) groups is 3. The zero-order chi connectivity index (χ0) is 24.0. The lowest BCUT2D eigenvalue weighted by molar-refractivity contribution is -0.164. The SMILES string of the molecule is CC(C)(C)OC(=O)[C@H]1CC[C@H]2CC[C@@H](CN=[N+]=[N-])[C@@H](NC(=O)OCc3ccccc3)C(=O)N21. The van der Waals surface area contributed by atoms with Crippen molar-refractivity contribution in [2.24, 2.45) is 11.0 Å². The first kappa shape index (κ1) is 24.4. The zero-order valence-electron chi connectivity index (χ0n) is 19.3. The maximum absolute atomic E-state index is 13.6. The van der Waals surface area contributed by atoms with Crippen molar-refractivity contribution in [3.05, 3.63) is 46.3 Å². The largest absolute Gasteiger partial charge is 0.458 e. The lowest BCUT2D eigenvalue weighted by atomic mass is 9.93. The molecule has 0 spiro atoms. The van der Waals surface area contributed by atoms with Gasteiger partial charge in [-0.15, -0.1) is 0 Å². The van der Waals surface area contributed by atoms with E-state index in [0.29, 0.717) is 25.7 Å². The number of rotatable bonds is 6. The maximum atomic E-state index is 13.6. The molecule has 2 fully saturated rings. The molecule has 178 valence electrons. The van der Waals surface area contributed by atoms with E-state index in [1.165, 1.54) is 0 Å². The van der Waals surface area contributed by atoms with Gasteiger partial charge in [-0.2, -0.15) is 0 Å². The van der Waals surface area contributed by atoms with E-state index in [9.17, 15) is 14.4 Å². The van der Waals surface area contributed by atoms with Gasteiger partial charge in [-0.05, 0) is 63.5 Å². The van der Waals surface area contributed by atoms with E-state index in [4.69, 9.17) is 15.0 Å². The smallest absolute Gasteiger partial charge is 0.408 e. The standard InChI is InChI=1S/C23H31N5O5/c1-23(2,3)33-21(30)18-12-11-17-10-9-16(13-25-27-24)19(20(29)28(17)18)26-22(31)32-14-15-7-5-4-6-8-15/h4-8,16-19H,9-14H2,1-3H3,(H,26,31)/t16-,17+,18+,19+/m0/s1. The van der Waals surface area contributed by atoms with Gasteiger partial charge in [-0.25, -0.2) is 9.59 Å². The van der Waals surface area contributed by atoms with Crippen molar-refractivity contribution in [1.82, 2.24) is 10.2 Å². The van der Waals surface area contributed by atoms with Gasteiger partial charge in [0.1, 0.15) is 24.3 Å². The molecule has 2 saturated heterocycles.